The zero-order chi connectivity index (χ0) is 10.7. The Morgan fingerprint density at radius 2 is 2.21 bits per heavy atom. The van der Waals surface area contributed by atoms with Crippen molar-refractivity contribution in [2.75, 3.05) is 7.11 Å². The van der Waals surface area contributed by atoms with Gasteiger partial charge in [0.25, 0.3) is 6.43 Å². The first-order chi connectivity index (χ1) is 6.60. The van der Waals surface area contributed by atoms with E-state index in [9.17, 15) is 8.78 Å². The van der Waals surface area contributed by atoms with E-state index in [0.29, 0.717) is 5.56 Å². The van der Waals surface area contributed by atoms with Crippen LogP contribution in [0.1, 0.15) is 17.7 Å². The molecule has 0 aromatic carbocycles. The van der Waals surface area contributed by atoms with Gasteiger partial charge in [-0.1, -0.05) is 11.6 Å². The molecule has 2 nitrogen and oxygen atoms in total. The average molecular weight is 242 g/mol. The Bertz CT molecular complexity index is 308. The van der Waals surface area contributed by atoms with Crippen molar-refractivity contribution in [3.8, 4) is 5.88 Å². The highest BCUT2D eigenvalue weighted by atomic mass is 35.5. The molecule has 1 rings (SSSR count). The maximum atomic E-state index is 12.3. The van der Waals surface area contributed by atoms with Gasteiger partial charge < -0.3 is 4.74 Å². The molecular formula is C8H7Cl2F2NO. The summed E-state index contributed by atoms with van der Waals surface area (Å²) in [6, 6.07) is 1.17. The highest BCUT2D eigenvalue weighted by molar-refractivity contribution is 6.33. The van der Waals surface area contributed by atoms with Gasteiger partial charge in [0, 0.05) is 5.88 Å². The van der Waals surface area contributed by atoms with E-state index in [1.165, 1.54) is 13.2 Å². The van der Waals surface area contributed by atoms with Crippen molar-refractivity contribution in [2.24, 2.45) is 0 Å². The lowest BCUT2D eigenvalue weighted by Crippen LogP contribution is -1.98. The Hall–Kier alpha value is -0.610. The summed E-state index contributed by atoms with van der Waals surface area (Å²) in [5.74, 6) is 0.0115. The molecule has 0 saturated carbocycles. The van der Waals surface area contributed by atoms with Crippen LogP contribution in [-0.4, -0.2) is 12.1 Å². The Morgan fingerprint density at radius 3 is 2.64 bits per heavy atom. The van der Waals surface area contributed by atoms with E-state index in [4.69, 9.17) is 27.9 Å². The lowest BCUT2D eigenvalue weighted by Gasteiger charge is -2.08. The van der Waals surface area contributed by atoms with Gasteiger partial charge in [0.2, 0.25) is 5.88 Å². The minimum atomic E-state index is -2.66. The maximum absolute atomic E-state index is 12.3. The van der Waals surface area contributed by atoms with Crippen molar-refractivity contribution in [3.63, 3.8) is 0 Å². The molecule has 0 aliphatic rings. The average Bonchev–Trinajstić information content (AvgIpc) is 2.17. The summed E-state index contributed by atoms with van der Waals surface area (Å²) in [4.78, 5) is 3.54. The fourth-order valence-electron chi connectivity index (χ4n) is 0.922. The van der Waals surface area contributed by atoms with E-state index in [1.54, 1.807) is 0 Å². The minimum Gasteiger partial charge on any atom is -0.480 e. The standard InChI is InChI=1S/C8H7Cl2F2NO/c1-14-8-6(10)4(3-9)2-5(13-8)7(11)12/h2,7H,3H2,1H3. The van der Waals surface area contributed by atoms with E-state index in [1.807, 2.05) is 0 Å². The van der Waals surface area contributed by atoms with Gasteiger partial charge in [-0.15, -0.1) is 11.6 Å². The second-order valence-corrected chi connectivity index (χ2v) is 3.11. The van der Waals surface area contributed by atoms with Gasteiger partial charge in [0.05, 0.1) is 7.11 Å². The zero-order valence-corrected chi connectivity index (χ0v) is 8.74. The molecule has 1 aromatic rings. The number of halogens is 4. The molecule has 0 unspecified atom stereocenters. The summed E-state index contributed by atoms with van der Waals surface area (Å²) in [6.07, 6.45) is -2.66. The normalized spacial score (nSPS) is 10.7. The third-order valence-corrected chi connectivity index (χ3v) is 2.28. The molecule has 0 amide bonds. The van der Waals surface area contributed by atoms with Gasteiger partial charge in [-0.2, -0.15) is 0 Å². The number of methoxy groups -OCH3 is 1. The first kappa shape index (κ1) is 11.5. The monoisotopic (exact) mass is 241 g/mol. The van der Waals surface area contributed by atoms with Crippen LogP contribution < -0.4 is 4.74 Å². The Morgan fingerprint density at radius 1 is 1.57 bits per heavy atom. The number of nitrogens with zero attached hydrogens (tertiary/aromatic N) is 1. The van der Waals surface area contributed by atoms with E-state index < -0.39 is 6.43 Å². The second kappa shape index (κ2) is 4.75. The SMILES string of the molecule is COc1nc(C(F)F)cc(CCl)c1Cl. The molecule has 0 fully saturated rings. The fourth-order valence-corrected chi connectivity index (χ4v) is 1.44. The number of aromatic nitrogens is 1. The van der Waals surface area contributed by atoms with Crippen LogP contribution >= 0.6 is 23.2 Å². The van der Waals surface area contributed by atoms with E-state index in [2.05, 4.69) is 4.98 Å². The summed E-state index contributed by atoms with van der Waals surface area (Å²) in [6.45, 7) is 0. The van der Waals surface area contributed by atoms with E-state index in [-0.39, 0.29) is 22.5 Å². The summed E-state index contributed by atoms with van der Waals surface area (Å²) in [5, 5.41) is 0.173. The smallest absolute Gasteiger partial charge is 0.280 e. The first-order valence-electron chi connectivity index (χ1n) is 3.67. The fraction of sp³-hybridized carbons (Fsp3) is 0.375. The molecule has 0 aliphatic heterocycles. The predicted octanol–water partition coefficient (Wildman–Crippen LogP) is 3.42. The molecule has 0 spiro atoms. The van der Waals surface area contributed by atoms with Gasteiger partial charge in [-0.3, -0.25) is 0 Å². The third kappa shape index (κ3) is 2.25. The Kier molecular flexibility index (Phi) is 3.89. The van der Waals surface area contributed by atoms with Crippen molar-refractivity contribution in [2.45, 2.75) is 12.3 Å². The van der Waals surface area contributed by atoms with Gasteiger partial charge in [0.15, 0.2) is 0 Å². The molecule has 0 bridgehead atoms. The molecule has 0 N–H and O–H groups in total. The van der Waals surface area contributed by atoms with Crippen molar-refractivity contribution < 1.29 is 13.5 Å². The summed E-state index contributed by atoms with van der Waals surface area (Å²) in [7, 11) is 1.31. The molecular weight excluding hydrogens is 235 g/mol. The molecule has 6 heteroatoms. The highest BCUT2D eigenvalue weighted by Gasteiger charge is 2.16. The molecule has 1 aromatic heterocycles. The first-order valence-corrected chi connectivity index (χ1v) is 4.58. The van der Waals surface area contributed by atoms with Crippen molar-refractivity contribution in [3.05, 3.63) is 22.3 Å². The highest BCUT2D eigenvalue weighted by Crippen LogP contribution is 2.31. The van der Waals surface area contributed by atoms with Crippen LogP contribution in [0.15, 0.2) is 6.07 Å². The lowest BCUT2D eigenvalue weighted by molar-refractivity contribution is 0.145. The molecule has 0 saturated heterocycles. The number of pyridine rings is 1. The van der Waals surface area contributed by atoms with Gasteiger partial charge in [-0.05, 0) is 11.6 Å². The molecule has 0 atom stereocenters. The van der Waals surface area contributed by atoms with E-state index >= 15 is 0 Å². The number of ether oxygens (including phenoxy) is 1. The molecule has 0 aliphatic carbocycles. The maximum Gasteiger partial charge on any atom is 0.280 e. The molecule has 1 heterocycles. The van der Waals surface area contributed by atoms with Crippen LogP contribution in [0.2, 0.25) is 5.02 Å². The van der Waals surface area contributed by atoms with Crippen LogP contribution in [0.5, 0.6) is 5.88 Å². The van der Waals surface area contributed by atoms with Crippen LogP contribution in [0.3, 0.4) is 0 Å². The van der Waals surface area contributed by atoms with Gasteiger partial charge in [-0.25, -0.2) is 13.8 Å². The van der Waals surface area contributed by atoms with Crippen LogP contribution in [0.4, 0.5) is 8.78 Å². The van der Waals surface area contributed by atoms with E-state index in [0.717, 1.165) is 0 Å². The predicted molar refractivity (Wildman–Crippen MR) is 50.3 cm³/mol. The summed E-state index contributed by atoms with van der Waals surface area (Å²) < 4.78 is 29.4. The van der Waals surface area contributed by atoms with Crippen molar-refractivity contribution >= 4 is 23.2 Å². The van der Waals surface area contributed by atoms with Crippen LogP contribution in [0, 0.1) is 0 Å². The third-order valence-electron chi connectivity index (χ3n) is 1.58. The Balaban J connectivity index is 3.25. The minimum absolute atomic E-state index is 0.0277. The quantitative estimate of drug-likeness (QED) is 0.757. The number of rotatable bonds is 3. The van der Waals surface area contributed by atoms with Gasteiger partial charge in [0.1, 0.15) is 10.7 Å². The molecule has 0 radical (unpaired) electrons. The summed E-state index contributed by atoms with van der Waals surface area (Å²) in [5.41, 5.74) is -0.00242. The number of hydrogen-bond acceptors (Lipinski definition) is 2. The van der Waals surface area contributed by atoms with Crippen molar-refractivity contribution in [1.29, 1.82) is 0 Å². The van der Waals surface area contributed by atoms with Crippen LogP contribution in [0.25, 0.3) is 0 Å². The van der Waals surface area contributed by atoms with Gasteiger partial charge >= 0.3 is 0 Å². The molecule has 14 heavy (non-hydrogen) atoms. The summed E-state index contributed by atoms with van der Waals surface area (Å²) >= 11 is 11.3. The molecule has 78 valence electrons. The largest absolute Gasteiger partial charge is 0.480 e. The topological polar surface area (TPSA) is 22.1 Å². The second-order valence-electron chi connectivity index (χ2n) is 2.46. The number of hydrogen-bond donors (Lipinski definition) is 0. The number of alkyl halides is 3. The van der Waals surface area contributed by atoms with Crippen molar-refractivity contribution in [1.82, 2.24) is 4.98 Å². The zero-order valence-electron chi connectivity index (χ0n) is 7.23. The lowest BCUT2D eigenvalue weighted by atomic mass is 10.2. The Labute approximate surface area is 89.8 Å². The van der Waals surface area contributed by atoms with Crippen LogP contribution in [-0.2, 0) is 5.88 Å².